The van der Waals surface area contributed by atoms with E-state index in [4.69, 9.17) is 11.6 Å². The molecule has 3 rings (SSSR count). The average Bonchev–Trinajstić information content (AvgIpc) is 2.50. The van der Waals surface area contributed by atoms with Gasteiger partial charge in [0, 0.05) is 17.9 Å². The van der Waals surface area contributed by atoms with Crippen molar-refractivity contribution in [2.24, 2.45) is 5.92 Å². The average molecular weight is 305 g/mol. The van der Waals surface area contributed by atoms with Gasteiger partial charge in [0.25, 0.3) is 0 Å². The van der Waals surface area contributed by atoms with Crippen LogP contribution in [0, 0.1) is 11.7 Å². The smallest absolute Gasteiger partial charge is 0.229 e. The highest BCUT2D eigenvalue weighted by molar-refractivity contribution is 6.30. The van der Waals surface area contributed by atoms with Crippen LogP contribution in [0.1, 0.15) is 5.56 Å². The number of hydrogen-bond donors (Lipinski definition) is 2. The highest BCUT2D eigenvalue weighted by Crippen LogP contribution is 2.25. The van der Waals surface area contributed by atoms with E-state index in [1.165, 1.54) is 12.1 Å². The van der Waals surface area contributed by atoms with Crippen LogP contribution < -0.4 is 10.6 Å². The molecule has 2 N–H and O–H groups in total. The first kappa shape index (κ1) is 13.9. The number of nitrogens with one attached hydrogen (secondary N) is 2. The SMILES string of the molecule is O=C(Nc1ccc(Cl)c(F)c1)C1CNc2ccccc2C1. The fourth-order valence-electron chi connectivity index (χ4n) is 2.45. The number of carbonyl (C=O) groups excluding carboxylic acids is 1. The van der Waals surface area contributed by atoms with E-state index in [0.717, 1.165) is 11.3 Å². The molecule has 1 aliphatic rings. The molecule has 0 saturated heterocycles. The molecule has 1 unspecified atom stereocenters. The summed E-state index contributed by atoms with van der Waals surface area (Å²) in [5.74, 6) is -0.848. The first-order valence-electron chi connectivity index (χ1n) is 6.71. The van der Waals surface area contributed by atoms with Crippen LogP contribution >= 0.6 is 11.6 Å². The zero-order valence-electron chi connectivity index (χ0n) is 11.2. The molecule has 1 heterocycles. The van der Waals surface area contributed by atoms with E-state index in [1.807, 2.05) is 24.3 Å². The van der Waals surface area contributed by atoms with Gasteiger partial charge in [0.05, 0.1) is 10.9 Å². The maximum absolute atomic E-state index is 13.4. The number of rotatable bonds is 2. The van der Waals surface area contributed by atoms with Gasteiger partial charge >= 0.3 is 0 Å². The molecule has 3 nitrogen and oxygen atoms in total. The molecule has 1 aliphatic heterocycles. The normalized spacial score (nSPS) is 16.8. The molecular weight excluding hydrogens is 291 g/mol. The molecule has 0 radical (unpaired) electrons. The minimum Gasteiger partial charge on any atom is -0.384 e. The molecule has 0 aromatic heterocycles. The van der Waals surface area contributed by atoms with E-state index in [-0.39, 0.29) is 16.8 Å². The second kappa shape index (κ2) is 5.74. The Labute approximate surface area is 127 Å². The fourth-order valence-corrected chi connectivity index (χ4v) is 2.56. The number of amides is 1. The minimum atomic E-state index is -0.540. The van der Waals surface area contributed by atoms with Crippen molar-refractivity contribution in [3.8, 4) is 0 Å². The molecule has 0 bridgehead atoms. The Balaban J connectivity index is 1.70. The topological polar surface area (TPSA) is 41.1 Å². The Morgan fingerprint density at radius 2 is 2.10 bits per heavy atom. The van der Waals surface area contributed by atoms with Crippen molar-refractivity contribution >= 4 is 28.9 Å². The van der Waals surface area contributed by atoms with Crippen molar-refractivity contribution in [1.29, 1.82) is 0 Å². The molecule has 21 heavy (non-hydrogen) atoms. The summed E-state index contributed by atoms with van der Waals surface area (Å²) in [6.07, 6.45) is 0.672. The zero-order chi connectivity index (χ0) is 14.8. The third-order valence-electron chi connectivity index (χ3n) is 3.58. The van der Waals surface area contributed by atoms with Gasteiger partial charge in [-0.25, -0.2) is 4.39 Å². The van der Waals surface area contributed by atoms with Gasteiger partial charge in [0.15, 0.2) is 0 Å². The molecule has 1 atom stereocenters. The number of halogens is 2. The van der Waals surface area contributed by atoms with Gasteiger partial charge in [-0.3, -0.25) is 4.79 Å². The van der Waals surface area contributed by atoms with Crippen LogP contribution in [0.25, 0.3) is 0 Å². The zero-order valence-corrected chi connectivity index (χ0v) is 12.0. The van der Waals surface area contributed by atoms with E-state index < -0.39 is 5.82 Å². The number of fused-ring (bicyclic) bond motifs is 1. The maximum atomic E-state index is 13.4. The minimum absolute atomic E-state index is 0.0428. The van der Waals surface area contributed by atoms with Gasteiger partial charge < -0.3 is 10.6 Å². The van der Waals surface area contributed by atoms with E-state index >= 15 is 0 Å². The van der Waals surface area contributed by atoms with Crippen LogP contribution in [0.4, 0.5) is 15.8 Å². The monoisotopic (exact) mass is 304 g/mol. The second-order valence-corrected chi connectivity index (χ2v) is 5.46. The standard InChI is InChI=1S/C16H14ClFN2O/c17-13-6-5-12(8-14(13)18)20-16(21)11-7-10-3-1-2-4-15(10)19-9-11/h1-6,8,11,19H,7,9H2,(H,20,21). The maximum Gasteiger partial charge on any atom is 0.229 e. The predicted molar refractivity (Wildman–Crippen MR) is 82.2 cm³/mol. The lowest BCUT2D eigenvalue weighted by atomic mass is 9.93. The highest BCUT2D eigenvalue weighted by Gasteiger charge is 2.24. The molecule has 0 fully saturated rings. The van der Waals surface area contributed by atoms with E-state index in [0.29, 0.717) is 18.7 Å². The summed E-state index contributed by atoms with van der Waals surface area (Å²) in [6.45, 7) is 0.568. The molecule has 0 saturated carbocycles. The third kappa shape index (κ3) is 3.00. The number of carbonyl (C=O) groups is 1. The molecule has 1 amide bonds. The number of para-hydroxylation sites is 1. The Kier molecular flexibility index (Phi) is 3.80. The van der Waals surface area contributed by atoms with Gasteiger partial charge in [0.2, 0.25) is 5.91 Å². The molecular formula is C16H14ClFN2O. The predicted octanol–water partition coefficient (Wildman–Crippen LogP) is 3.70. The first-order chi connectivity index (χ1) is 10.1. The van der Waals surface area contributed by atoms with Gasteiger partial charge in [0.1, 0.15) is 5.82 Å². The lowest BCUT2D eigenvalue weighted by Crippen LogP contribution is -2.33. The molecule has 5 heteroatoms. The van der Waals surface area contributed by atoms with Gasteiger partial charge in [-0.05, 0) is 36.2 Å². The van der Waals surface area contributed by atoms with Gasteiger partial charge in [-0.1, -0.05) is 29.8 Å². The summed E-state index contributed by atoms with van der Waals surface area (Å²) in [4.78, 5) is 12.3. The van der Waals surface area contributed by atoms with Crippen molar-refractivity contribution in [2.75, 3.05) is 17.2 Å². The summed E-state index contributed by atoms with van der Waals surface area (Å²) in [6, 6.07) is 12.2. The summed E-state index contributed by atoms with van der Waals surface area (Å²) >= 11 is 5.62. The van der Waals surface area contributed by atoms with Crippen LogP contribution in [0.2, 0.25) is 5.02 Å². The Hall–Kier alpha value is -2.07. The second-order valence-electron chi connectivity index (χ2n) is 5.06. The van der Waals surface area contributed by atoms with E-state index in [2.05, 4.69) is 10.6 Å². The van der Waals surface area contributed by atoms with E-state index in [1.54, 1.807) is 6.07 Å². The van der Waals surface area contributed by atoms with Crippen LogP contribution in [-0.4, -0.2) is 12.5 Å². The van der Waals surface area contributed by atoms with Crippen LogP contribution in [0.15, 0.2) is 42.5 Å². The highest BCUT2D eigenvalue weighted by atomic mass is 35.5. The van der Waals surface area contributed by atoms with Gasteiger partial charge in [-0.15, -0.1) is 0 Å². The third-order valence-corrected chi connectivity index (χ3v) is 3.89. The van der Waals surface area contributed by atoms with Crippen LogP contribution in [-0.2, 0) is 11.2 Å². The quantitative estimate of drug-likeness (QED) is 0.888. The Morgan fingerprint density at radius 3 is 2.90 bits per heavy atom. The molecule has 2 aromatic carbocycles. The largest absolute Gasteiger partial charge is 0.384 e. The Bertz CT molecular complexity index is 690. The summed E-state index contributed by atoms with van der Waals surface area (Å²) < 4.78 is 13.4. The summed E-state index contributed by atoms with van der Waals surface area (Å²) in [5.41, 5.74) is 2.60. The van der Waals surface area contributed by atoms with Crippen molar-refractivity contribution in [2.45, 2.75) is 6.42 Å². The van der Waals surface area contributed by atoms with Crippen molar-refractivity contribution < 1.29 is 9.18 Å². The number of benzene rings is 2. The van der Waals surface area contributed by atoms with Crippen molar-refractivity contribution in [3.05, 3.63) is 58.9 Å². The number of anilines is 2. The van der Waals surface area contributed by atoms with Crippen LogP contribution in [0.5, 0.6) is 0 Å². The summed E-state index contributed by atoms with van der Waals surface area (Å²) in [5, 5.41) is 6.02. The fraction of sp³-hybridized carbons (Fsp3) is 0.188. The van der Waals surface area contributed by atoms with E-state index in [9.17, 15) is 9.18 Å². The first-order valence-corrected chi connectivity index (χ1v) is 7.09. The summed E-state index contributed by atoms with van der Waals surface area (Å²) in [7, 11) is 0. The lowest BCUT2D eigenvalue weighted by Gasteiger charge is -2.25. The number of hydrogen-bond acceptors (Lipinski definition) is 2. The molecule has 2 aromatic rings. The Morgan fingerprint density at radius 1 is 1.29 bits per heavy atom. The van der Waals surface area contributed by atoms with Crippen molar-refractivity contribution in [1.82, 2.24) is 0 Å². The van der Waals surface area contributed by atoms with Gasteiger partial charge in [-0.2, -0.15) is 0 Å². The molecule has 0 spiro atoms. The molecule has 0 aliphatic carbocycles. The van der Waals surface area contributed by atoms with Crippen LogP contribution in [0.3, 0.4) is 0 Å². The molecule has 108 valence electrons. The van der Waals surface area contributed by atoms with Crippen molar-refractivity contribution in [3.63, 3.8) is 0 Å². The lowest BCUT2D eigenvalue weighted by molar-refractivity contribution is -0.119.